The van der Waals surface area contributed by atoms with Gasteiger partial charge >= 0.3 is 0 Å². The van der Waals surface area contributed by atoms with Crippen LogP contribution in [0, 0.1) is 6.92 Å². The van der Waals surface area contributed by atoms with Gasteiger partial charge in [0, 0.05) is 13.2 Å². The summed E-state index contributed by atoms with van der Waals surface area (Å²) in [6.45, 7) is 2.35. The molecule has 0 aliphatic rings. The molecule has 0 radical (unpaired) electrons. The predicted octanol–water partition coefficient (Wildman–Crippen LogP) is 1.44. The predicted molar refractivity (Wildman–Crippen MR) is 67.3 cm³/mol. The van der Waals surface area contributed by atoms with Gasteiger partial charge in [0.15, 0.2) is 0 Å². The molecule has 0 aliphatic carbocycles. The van der Waals surface area contributed by atoms with E-state index in [0.29, 0.717) is 17.9 Å². The normalized spacial score (nSPS) is 11.6. The minimum atomic E-state index is -3.39. The molecule has 0 bridgehead atoms. The van der Waals surface area contributed by atoms with Crippen LogP contribution in [0.25, 0.3) is 0 Å². The Morgan fingerprint density at radius 3 is 2.53 bits per heavy atom. The number of sulfonamides is 1. The zero-order chi connectivity index (χ0) is 12.7. The Labute approximate surface area is 103 Å². The Balaban J connectivity index is 2.55. The van der Waals surface area contributed by atoms with E-state index in [1.807, 2.05) is 6.07 Å². The first-order valence-corrected chi connectivity index (χ1v) is 7.22. The van der Waals surface area contributed by atoms with Crippen LogP contribution in [0.5, 0.6) is 0 Å². The highest BCUT2D eigenvalue weighted by Gasteiger charge is 2.14. The lowest BCUT2D eigenvalue weighted by Crippen LogP contribution is -2.25. The van der Waals surface area contributed by atoms with Crippen molar-refractivity contribution >= 4 is 10.0 Å². The average Bonchev–Trinajstić information content (AvgIpc) is 2.29. The second-order valence-corrected chi connectivity index (χ2v) is 5.68. The van der Waals surface area contributed by atoms with E-state index >= 15 is 0 Å². The van der Waals surface area contributed by atoms with Gasteiger partial charge in [0.25, 0.3) is 0 Å². The van der Waals surface area contributed by atoms with E-state index in [1.54, 1.807) is 25.1 Å². The van der Waals surface area contributed by atoms with Crippen molar-refractivity contribution in [2.45, 2.75) is 31.1 Å². The number of aliphatic hydroxyl groups is 1. The van der Waals surface area contributed by atoms with Crippen molar-refractivity contribution in [2.75, 3.05) is 13.2 Å². The molecule has 1 aromatic carbocycles. The smallest absolute Gasteiger partial charge is 0.240 e. The van der Waals surface area contributed by atoms with Crippen molar-refractivity contribution in [1.82, 2.24) is 4.72 Å². The number of unbranched alkanes of at least 4 members (excludes halogenated alkanes) is 2. The standard InChI is InChI=1S/C12H19NO3S/c1-11-7-3-4-8-12(11)17(15,16)13-9-5-2-6-10-14/h3-4,7-8,13-14H,2,5-6,9-10H2,1H3. The van der Waals surface area contributed by atoms with E-state index in [1.165, 1.54) is 0 Å². The maximum Gasteiger partial charge on any atom is 0.240 e. The van der Waals surface area contributed by atoms with Gasteiger partial charge in [0.2, 0.25) is 10.0 Å². The molecule has 0 fully saturated rings. The fourth-order valence-corrected chi connectivity index (χ4v) is 2.87. The van der Waals surface area contributed by atoms with Gasteiger partial charge in [-0.3, -0.25) is 0 Å². The summed E-state index contributed by atoms with van der Waals surface area (Å²) in [7, 11) is -3.39. The highest BCUT2D eigenvalue weighted by molar-refractivity contribution is 7.89. The van der Waals surface area contributed by atoms with E-state index in [-0.39, 0.29) is 6.61 Å². The summed E-state index contributed by atoms with van der Waals surface area (Å²) < 4.78 is 26.4. The van der Waals surface area contributed by atoms with Crippen LogP contribution in [0.1, 0.15) is 24.8 Å². The third kappa shape index (κ3) is 4.46. The molecular weight excluding hydrogens is 238 g/mol. The molecular formula is C12H19NO3S. The van der Waals surface area contributed by atoms with Gasteiger partial charge in [0.1, 0.15) is 0 Å². The Kier molecular flexibility index (Phi) is 5.61. The van der Waals surface area contributed by atoms with Crippen molar-refractivity contribution < 1.29 is 13.5 Å². The minimum Gasteiger partial charge on any atom is -0.396 e. The number of rotatable bonds is 7. The fourth-order valence-electron chi connectivity index (χ4n) is 1.56. The SMILES string of the molecule is Cc1ccccc1S(=O)(=O)NCCCCCO. The zero-order valence-corrected chi connectivity index (χ0v) is 10.8. The molecule has 0 unspecified atom stereocenters. The number of benzene rings is 1. The van der Waals surface area contributed by atoms with Crippen molar-refractivity contribution in [3.63, 3.8) is 0 Å². The van der Waals surface area contributed by atoms with Crippen LogP contribution in [-0.2, 0) is 10.0 Å². The maximum absolute atomic E-state index is 11.9. The van der Waals surface area contributed by atoms with Gasteiger partial charge < -0.3 is 5.11 Å². The quantitative estimate of drug-likeness (QED) is 0.726. The van der Waals surface area contributed by atoms with Crippen molar-refractivity contribution in [2.24, 2.45) is 0 Å². The first kappa shape index (κ1) is 14.2. The largest absolute Gasteiger partial charge is 0.396 e. The molecule has 5 heteroatoms. The molecule has 0 aliphatic heterocycles. The van der Waals surface area contributed by atoms with Gasteiger partial charge in [-0.1, -0.05) is 18.2 Å². The van der Waals surface area contributed by atoms with Gasteiger partial charge in [-0.15, -0.1) is 0 Å². The molecule has 0 saturated heterocycles. The minimum absolute atomic E-state index is 0.157. The van der Waals surface area contributed by atoms with Crippen molar-refractivity contribution in [1.29, 1.82) is 0 Å². The Morgan fingerprint density at radius 1 is 1.18 bits per heavy atom. The van der Waals surface area contributed by atoms with Crippen molar-refractivity contribution in [3.8, 4) is 0 Å². The van der Waals surface area contributed by atoms with Crippen LogP contribution in [0.3, 0.4) is 0 Å². The van der Waals surface area contributed by atoms with E-state index in [9.17, 15) is 8.42 Å². The molecule has 0 atom stereocenters. The first-order chi connectivity index (χ1) is 8.08. The van der Waals surface area contributed by atoms with Gasteiger partial charge in [-0.05, 0) is 37.8 Å². The monoisotopic (exact) mass is 257 g/mol. The fraction of sp³-hybridized carbons (Fsp3) is 0.500. The van der Waals surface area contributed by atoms with Crippen LogP contribution in [0.4, 0.5) is 0 Å². The highest BCUT2D eigenvalue weighted by atomic mass is 32.2. The number of aryl methyl sites for hydroxylation is 1. The maximum atomic E-state index is 11.9. The van der Waals surface area contributed by atoms with Crippen molar-refractivity contribution in [3.05, 3.63) is 29.8 Å². The average molecular weight is 257 g/mol. The van der Waals surface area contributed by atoms with Gasteiger partial charge in [-0.2, -0.15) is 0 Å². The summed E-state index contributed by atoms with van der Waals surface area (Å²) in [5.41, 5.74) is 0.746. The Morgan fingerprint density at radius 2 is 1.88 bits per heavy atom. The molecule has 0 aromatic heterocycles. The molecule has 0 spiro atoms. The van der Waals surface area contributed by atoms with Crippen LogP contribution in [0.15, 0.2) is 29.2 Å². The molecule has 1 rings (SSSR count). The lowest BCUT2D eigenvalue weighted by atomic mass is 10.2. The van der Waals surface area contributed by atoms with E-state index in [2.05, 4.69) is 4.72 Å². The number of hydrogen-bond donors (Lipinski definition) is 2. The summed E-state index contributed by atoms with van der Waals surface area (Å²) >= 11 is 0. The third-order valence-electron chi connectivity index (χ3n) is 2.51. The summed E-state index contributed by atoms with van der Waals surface area (Å²) in [5.74, 6) is 0. The Bertz CT molecular complexity index is 443. The molecule has 4 nitrogen and oxygen atoms in total. The number of hydrogen-bond acceptors (Lipinski definition) is 3. The van der Waals surface area contributed by atoms with E-state index in [4.69, 9.17) is 5.11 Å². The van der Waals surface area contributed by atoms with E-state index in [0.717, 1.165) is 18.4 Å². The summed E-state index contributed by atoms with van der Waals surface area (Å²) in [4.78, 5) is 0.335. The Hall–Kier alpha value is -0.910. The highest BCUT2D eigenvalue weighted by Crippen LogP contribution is 2.13. The summed E-state index contributed by atoms with van der Waals surface area (Å²) in [6, 6.07) is 6.91. The molecule has 1 aromatic rings. The second kappa shape index (κ2) is 6.74. The zero-order valence-electron chi connectivity index (χ0n) is 10.0. The van der Waals surface area contributed by atoms with E-state index < -0.39 is 10.0 Å². The topological polar surface area (TPSA) is 66.4 Å². The lowest BCUT2D eigenvalue weighted by molar-refractivity contribution is 0.283. The molecule has 0 heterocycles. The molecule has 0 saturated carbocycles. The second-order valence-electron chi connectivity index (χ2n) is 3.95. The summed E-state index contributed by atoms with van der Waals surface area (Å²) in [6.07, 6.45) is 2.28. The number of nitrogens with one attached hydrogen (secondary N) is 1. The summed E-state index contributed by atoms with van der Waals surface area (Å²) in [5, 5.41) is 8.60. The van der Waals surface area contributed by atoms with Crippen LogP contribution >= 0.6 is 0 Å². The molecule has 17 heavy (non-hydrogen) atoms. The molecule has 96 valence electrons. The third-order valence-corrected chi connectivity index (χ3v) is 4.13. The van der Waals surface area contributed by atoms with Crippen LogP contribution in [-0.4, -0.2) is 26.7 Å². The molecule has 2 N–H and O–H groups in total. The lowest BCUT2D eigenvalue weighted by Gasteiger charge is -2.08. The van der Waals surface area contributed by atoms with Gasteiger partial charge in [0.05, 0.1) is 4.90 Å². The first-order valence-electron chi connectivity index (χ1n) is 5.74. The molecule has 0 amide bonds. The number of aliphatic hydroxyl groups excluding tert-OH is 1. The van der Waals surface area contributed by atoms with Gasteiger partial charge in [-0.25, -0.2) is 13.1 Å². The van der Waals surface area contributed by atoms with Crippen LogP contribution in [0.2, 0.25) is 0 Å². The van der Waals surface area contributed by atoms with Crippen LogP contribution < -0.4 is 4.72 Å².